The molecule has 0 aliphatic carbocycles. The molecule has 1 atom stereocenters. The van der Waals surface area contributed by atoms with Crippen molar-refractivity contribution in [2.75, 3.05) is 20.3 Å². The summed E-state index contributed by atoms with van der Waals surface area (Å²) in [4.78, 5) is 10.8. The highest BCUT2D eigenvalue weighted by molar-refractivity contribution is 5.58. The first-order valence-corrected chi connectivity index (χ1v) is 8.42. The first-order chi connectivity index (χ1) is 12.6. The Morgan fingerprint density at radius 2 is 1.77 bits per heavy atom. The van der Waals surface area contributed by atoms with Crippen molar-refractivity contribution in [2.24, 2.45) is 5.92 Å². The molecule has 0 aliphatic heterocycles. The number of para-hydroxylation sites is 1. The third-order valence-electron chi connectivity index (χ3n) is 4.01. The van der Waals surface area contributed by atoms with Crippen LogP contribution in [-0.2, 0) is 11.2 Å². The van der Waals surface area contributed by atoms with Gasteiger partial charge in [-0.25, -0.2) is 0 Å². The Hall–Kier alpha value is -3.00. The van der Waals surface area contributed by atoms with Crippen LogP contribution >= 0.6 is 0 Å². The van der Waals surface area contributed by atoms with E-state index in [0.717, 1.165) is 22.4 Å². The van der Waals surface area contributed by atoms with Crippen molar-refractivity contribution >= 4 is 6.29 Å². The van der Waals surface area contributed by atoms with E-state index in [1.165, 1.54) is 0 Å². The molecular formula is C21H23NO4. The number of methoxy groups -OCH3 is 1. The van der Waals surface area contributed by atoms with Crippen LogP contribution in [-0.4, -0.2) is 26.6 Å². The summed E-state index contributed by atoms with van der Waals surface area (Å²) in [7, 11) is 1.56. The number of aryl methyl sites for hydroxylation is 2. The monoisotopic (exact) mass is 353 g/mol. The van der Waals surface area contributed by atoms with Gasteiger partial charge in [-0.2, -0.15) is 5.26 Å². The number of carbonyl (C=O) groups is 1. The summed E-state index contributed by atoms with van der Waals surface area (Å²) in [5.41, 5.74) is 3.03. The predicted molar refractivity (Wildman–Crippen MR) is 98.8 cm³/mol. The Kier molecular flexibility index (Phi) is 7.04. The second-order valence-electron chi connectivity index (χ2n) is 5.98. The van der Waals surface area contributed by atoms with Gasteiger partial charge in [0.15, 0.2) is 11.5 Å². The zero-order chi connectivity index (χ0) is 18.9. The number of hydrogen-bond acceptors (Lipinski definition) is 5. The molecule has 0 N–H and O–H groups in total. The van der Waals surface area contributed by atoms with Crippen LogP contribution in [0.15, 0.2) is 36.4 Å². The normalized spacial score (nSPS) is 11.3. The van der Waals surface area contributed by atoms with Crippen molar-refractivity contribution in [1.82, 2.24) is 0 Å². The maximum Gasteiger partial charge on any atom is 0.161 e. The van der Waals surface area contributed by atoms with E-state index in [4.69, 9.17) is 19.5 Å². The molecule has 0 bridgehead atoms. The molecule has 2 aromatic carbocycles. The van der Waals surface area contributed by atoms with Crippen LogP contribution in [0.3, 0.4) is 0 Å². The number of aldehydes is 1. The Morgan fingerprint density at radius 1 is 1.08 bits per heavy atom. The highest BCUT2D eigenvalue weighted by atomic mass is 16.5. The number of rotatable bonds is 9. The molecule has 0 heterocycles. The van der Waals surface area contributed by atoms with E-state index in [9.17, 15) is 4.79 Å². The van der Waals surface area contributed by atoms with Gasteiger partial charge in [0.05, 0.1) is 13.2 Å². The summed E-state index contributed by atoms with van der Waals surface area (Å²) < 4.78 is 16.9. The number of nitriles is 1. The molecule has 0 saturated carbocycles. The largest absolute Gasteiger partial charge is 0.493 e. The molecule has 5 nitrogen and oxygen atoms in total. The van der Waals surface area contributed by atoms with Gasteiger partial charge in [0.1, 0.15) is 31.2 Å². The minimum absolute atomic E-state index is 0.353. The van der Waals surface area contributed by atoms with E-state index in [0.29, 0.717) is 37.4 Å². The van der Waals surface area contributed by atoms with Crippen molar-refractivity contribution in [3.05, 3.63) is 53.1 Å². The van der Waals surface area contributed by atoms with E-state index >= 15 is 0 Å². The molecule has 136 valence electrons. The summed E-state index contributed by atoms with van der Waals surface area (Å²) in [6.45, 7) is 4.81. The van der Waals surface area contributed by atoms with Gasteiger partial charge in [-0.05, 0) is 49.1 Å². The number of ether oxygens (including phenoxy) is 3. The van der Waals surface area contributed by atoms with Crippen LogP contribution in [0.4, 0.5) is 0 Å². The van der Waals surface area contributed by atoms with Crippen LogP contribution in [0, 0.1) is 31.1 Å². The molecule has 0 spiro atoms. The lowest BCUT2D eigenvalue weighted by atomic mass is 10.0. The summed E-state index contributed by atoms with van der Waals surface area (Å²) in [6, 6.07) is 13.4. The second-order valence-corrected chi connectivity index (χ2v) is 5.98. The zero-order valence-electron chi connectivity index (χ0n) is 15.3. The number of hydrogen-bond donors (Lipinski definition) is 0. The standard InChI is InChI=1S/C21H23NO4/c1-15-5-4-6-16(2)21(15)26-10-9-25-19-8-7-17(12-20(19)24-3)11-18(13-22)14-23/h4-8,12,14,18H,9-11H2,1-3H3. The highest BCUT2D eigenvalue weighted by Gasteiger charge is 2.11. The number of nitrogens with zero attached hydrogens (tertiary/aromatic N) is 1. The van der Waals surface area contributed by atoms with Crippen LogP contribution in [0.2, 0.25) is 0 Å². The lowest BCUT2D eigenvalue weighted by molar-refractivity contribution is -0.109. The van der Waals surface area contributed by atoms with Crippen LogP contribution in [0.1, 0.15) is 16.7 Å². The Morgan fingerprint density at radius 3 is 2.38 bits per heavy atom. The van der Waals surface area contributed by atoms with Crippen LogP contribution in [0.25, 0.3) is 0 Å². The van der Waals surface area contributed by atoms with Crippen molar-refractivity contribution in [3.8, 4) is 23.3 Å². The molecule has 0 saturated heterocycles. The van der Waals surface area contributed by atoms with E-state index in [1.807, 2.05) is 44.2 Å². The highest BCUT2D eigenvalue weighted by Crippen LogP contribution is 2.29. The SMILES string of the molecule is COc1cc(CC(C#N)C=O)ccc1OCCOc1c(C)cccc1C. The lowest BCUT2D eigenvalue weighted by Gasteiger charge is -2.14. The van der Waals surface area contributed by atoms with E-state index in [-0.39, 0.29) is 0 Å². The van der Waals surface area contributed by atoms with Gasteiger partial charge in [-0.1, -0.05) is 24.3 Å². The smallest absolute Gasteiger partial charge is 0.161 e. The zero-order valence-corrected chi connectivity index (χ0v) is 15.3. The van der Waals surface area contributed by atoms with Crippen molar-refractivity contribution in [1.29, 1.82) is 5.26 Å². The summed E-state index contributed by atoms with van der Waals surface area (Å²) in [5, 5.41) is 8.89. The minimum Gasteiger partial charge on any atom is -0.493 e. The maximum absolute atomic E-state index is 10.8. The quantitative estimate of drug-likeness (QED) is 0.508. The van der Waals surface area contributed by atoms with Gasteiger partial charge in [-0.3, -0.25) is 0 Å². The molecule has 26 heavy (non-hydrogen) atoms. The van der Waals surface area contributed by atoms with Gasteiger partial charge >= 0.3 is 0 Å². The Balaban J connectivity index is 1.95. The molecule has 2 aromatic rings. The molecule has 0 aliphatic rings. The van der Waals surface area contributed by atoms with Crippen molar-refractivity contribution < 1.29 is 19.0 Å². The second kappa shape index (κ2) is 9.47. The predicted octanol–water partition coefficient (Wildman–Crippen LogP) is 3.65. The molecule has 0 aromatic heterocycles. The number of benzene rings is 2. The molecule has 0 radical (unpaired) electrons. The van der Waals surface area contributed by atoms with Crippen LogP contribution in [0.5, 0.6) is 17.2 Å². The minimum atomic E-state index is -0.655. The van der Waals surface area contributed by atoms with Gasteiger partial charge in [0, 0.05) is 0 Å². The van der Waals surface area contributed by atoms with Crippen molar-refractivity contribution in [3.63, 3.8) is 0 Å². The molecule has 0 amide bonds. The van der Waals surface area contributed by atoms with Gasteiger partial charge in [0.25, 0.3) is 0 Å². The van der Waals surface area contributed by atoms with E-state index in [2.05, 4.69) is 0 Å². The first kappa shape index (κ1) is 19.3. The molecule has 1 unspecified atom stereocenters. The van der Waals surface area contributed by atoms with Gasteiger partial charge < -0.3 is 19.0 Å². The van der Waals surface area contributed by atoms with E-state index < -0.39 is 5.92 Å². The maximum atomic E-state index is 10.8. The summed E-state index contributed by atoms with van der Waals surface area (Å²) >= 11 is 0. The lowest BCUT2D eigenvalue weighted by Crippen LogP contribution is -2.11. The average Bonchev–Trinajstić information content (AvgIpc) is 2.65. The Labute approximate surface area is 154 Å². The van der Waals surface area contributed by atoms with Crippen LogP contribution < -0.4 is 14.2 Å². The number of carbonyl (C=O) groups excluding carboxylic acids is 1. The van der Waals surface area contributed by atoms with E-state index in [1.54, 1.807) is 19.2 Å². The molecule has 0 fully saturated rings. The molecule has 5 heteroatoms. The molecule has 2 rings (SSSR count). The fourth-order valence-corrected chi connectivity index (χ4v) is 2.66. The Bertz CT molecular complexity index is 775. The van der Waals surface area contributed by atoms with Crippen molar-refractivity contribution in [2.45, 2.75) is 20.3 Å². The topological polar surface area (TPSA) is 68.5 Å². The third-order valence-corrected chi connectivity index (χ3v) is 4.01. The average molecular weight is 353 g/mol. The first-order valence-electron chi connectivity index (χ1n) is 8.42. The fourth-order valence-electron chi connectivity index (χ4n) is 2.66. The summed E-state index contributed by atoms with van der Waals surface area (Å²) in [5.74, 6) is 1.39. The van der Waals surface area contributed by atoms with Gasteiger partial charge in [0.2, 0.25) is 0 Å². The fraction of sp³-hybridized carbons (Fsp3) is 0.333. The van der Waals surface area contributed by atoms with Gasteiger partial charge in [-0.15, -0.1) is 0 Å². The molecular weight excluding hydrogens is 330 g/mol. The summed E-state index contributed by atoms with van der Waals surface area (Å²) in [6.07, 6.45) is 1.01. The third kappa shape index (κ3) is 5.00.